The number of nitrogens with zero attached hydrogens (tertiary/aromatic N) is 1. The first-order chi connectivity index (χ1) is 9.13. The Labute approximate surface area is 114 Å². The van der Waals surface area contributed by atoms with Crippen molar-refractivity contribution >= 4 is 0 Å². The third kappa shape index (κ3) is 3.30. The molecule has 1 aromatic rings. The van der Waals surface area contributed by atoms with Gasteiger partial charge in [-0.25, -0.2) is 0 Å². The average molecular weight is 266 g/mol. The Morgan fingerprint density at radius 3 is 2.42 bits per heavy atom. The largest absolute Gasteiger partial charge is 0.502 e. The summed E-state index contributed by atoms with van der Waals surface area (Å²) >= 11 is 0. The summed E-state index contributed by atoms with van der Waals surface area (Å²) in [5, 5.41) is 13.4. The van der Waals surface area contributed by atoms with Gasteiger partial charge in [-0.1, -0.05) is 0 Å². The van der Waals surface area contributed by atoms with Gasteiger partial charge in [0.1, 0.15) is 0 Å². The molecular formula is C14H22N2O3. The lowest BCUT2D eigenvalue weighted by atomic mass is 10.1. The van der Waals surface area contributed by atoms with E-state index in [9.17, 15) is 5.11 Å². The van der Waals surface area contributed by atoms with Gasteiger partial charge in [-0.05, 0) is 37.7 Å². The van der Waals surface area contributed by atoms with Crippen LogP contribution in [0.1, 0.15) is 12.0 Å². The van der Waals surface area contributed by atoms with Crippen LogP contribution in [-0.2, 0) is 6.54 Å². The van der Waals surface area contributed by atoms with Crippen LogP contribution in [0.2, 0.25) is 0 Å². The van der Waals surface area contributed by atoms with Crippen molar-refractivity contribution in [1.82, 2.24) is 10.2 Å². The maximum atomic E-state index is 9.85. The molecule has 1 aliphatic heterocycles. The van der Waals surface area contributed by atoms with Gasteiger partial charge < -0.3 is 24.8 Å². The Morgan fingerprint density at radius 1 is 1.32 bits per heavy atom. The molecular weight excluding hydrogens is 244 g/mol. The van der Waals surface area contributed by atoms with E-state index in [-0.39, 0.29) is 5.75 Å². The van der Waals surface area contributed by atoms with Gasteiger partial charge in [-0.3, -0.25) is 0 Å². The molecule has 5 heteroatoms. The smallest absolute Gasteiger partial charge is 0.200 e. The maximum absolute atomic E-state index is 9.85. The van der Waals surface area contributed by atoms with Crippen LogP contribution in [0.4, 0.5) is 0 Å². The lowest BCUT2D eigenvalue weighted by Crippen LogP contribution is -2.30. The molecule has 19 heavy (non-hydrogen) atoms. The van der Waals surface area contributed by atoms with E-state index in [0.717, 1.165) is 25.2 Å². The fourth-order valence-electron chi connectivity index (χ4n) is 2.41. The van der Waals surface area contributed by atoms with E-state index in [1.54, 1.807) is 0 Å². The van der Waals surface area contributed by atoms with E-state index >= 15 is 0 Å². The summed E-state index contributed by atoms with van der Waals surface area (Å²) in [4.78, 5) is 2.32. The van der Waals surface area contributed by atoms with E-state index in [0.29, 0.717) is 17.5 Å². The highest BCUT2D eigenvalue weighted by Gasteiger charge is 2.19. The molecule has 0 bridgehead atoms. The number of ether oxygens (including phenoxy) is 2. The number of likely N-dealkylation sites (tertiary alicyclic amines) is 1. The lowest BCUT2D eigenvalue weighted by molar-refractivity contribution is 0.338. The Morgan fingerprint density at radius 2 is 1.95 bits per heavy atom. The number of phenolic OH excluding ortho intramolecular Hbond substituents is 1. The first-order valence-corrected chi connectivity index (χ1v) is 6.49. The minimum Gasteiger partial charge on any atom is -0.502 e. The molecule has 0 aromatic heterocycles. The van der Waals surface area contributed by atoms with Crippen LogP contribution in [-0.4, -0.2) is 50.4 Å². The molecule has 0 amide bonds. The Balaban J connectivity index is 2.03. The number of aromatic hydroxyl groups is 1. The second-order valence-electron chi connectivity index (χ2n) is 4.98. The van der Waals surface area contributed by atoms with Gasteiger partial charge in [0.2, 0.25) is 5.75 Å². The summed E-state index contributed by atoms with van der Waals surface area (Å²) < 4.78 is 10.3. The van der Waals surface area contributed by atoms with E-state index in [1.165, 1.54) is 20.6 Å². The SMILES string of the molecule is COc1cc(CNC2CCN(C)C2)cc(OC)c1O. The fourth-order valence-corrected chi connectivity index (χ4v) is 2.41. The van der Waals surface area contributed by atoms with Crippen molar-refractivity contribution in [1.29, 1.82) is 0 Å². The molecule has 1 aromatic carbocycles. The standard InChI is InChI=1S/C14H22N2O3/c1-16-5-4-11(9-16)15-8-10-6-12(18-2)14(17)13(7-10)19-3/h6-7,11,15,17H,4-5,8-9H2,1-3H3. The van der Waals surface area contributed by atoms with Gasteiger partial charge in [0.15, 0.2) is 11.5 Å². The summed E-state index contributed by atoms with van der Waals surface area (Å²) in [5.74, 6) is 0.939. The summed E-state index contributed by atoms with van der Waals surface area (Å²) in [6, 6.07) is 4.20. The van der Waals surface area contributed by atoms with Gasteiger partial charge >= 0.3 is 0 Å². The van der Waals surface area contributed by atoms with Gasteiger partial charge in [0.25, 0.3) is 0 Å². The van der Waals surface area contributed by atoms with E-state index in [2.05, 4.69) is 17.3 Å². The summed E-state index contributed by atoms with van der Waals surface area (Å²) in [6.45, 7) is 2.96. The lowest BCUT2D eigenvalue weighted by Gasteiger charge is -2.15. The number of methoxy groups -OCH3 is 2. The fraction of sp³-hybridized carbons (Fsp3) is 0.571. The number of hydrogen-bond donors (Lipinski definition) is 2. The van der Waals surface area contributed by atoms with Crippen molar-refractivity contribution in [3.63, 3.8) is 0 Å². The van der Waals surface area contributed by atoms with Crippen molar-refractivity contribution in [2.24, 2.45) is 0 Å². The molecule has 0 aliphatic carbocycles. The Kier molecular flexibility index (Phi) is 4.50. The first kappa shape index (κ1) is 14.0. The van der Waals surface area contributed by atoms with Crippen LogP contribution < -0.4 is 14.8 Å². The van der Waals surface area contributed by atoms with Crippen LogP contribution in [0, 0.1) is 0 Å². The van der Waals surface area contributed by atoms with Gasteiger partial charge in [0, 0.05) is 19.1 Å². The molecule has 5 nitrogen and oxygen atoms in total. The van der Waals surface area contributed by atoms with E-state index < -0.39 is 0 Å². The number of rotatable bonds is 5. The highest BCUT2D eigenvalue weighted by molar-refractivity contribution is 5.52. The number of benzene rings is 1. The number of hydrogen-bond acceptors (Lipinski definition) is 5. The zero-order valence-electron chi connectivity index (χ0n) is 11.8. The van der Waals surface area contributed by atoms with E-state index in [1.807, 2.05) is 12.1 Å². The molecule has 1 unspecified atom stereocenters. The third-order valence-corrected chi connectivity index (χ3v) is 3.53. The number of nitrogens with one attached hydrogen (secondary N) is 1. The van der Waals surface area contributed by atoms with Gasteiger partial charge in [0.05, 0.1) is 14.2 Å². The zero-order chi connectivity index (χ0) is 13.8. The van der Waals surface area contributed by atoms with Crippen molar-refractivity contribution in [3.8, 4) is 17.2 Å². The molecule has 1 heterocycles. The van der Waals surface area contributed by atoms with Crippen LogP contribution in [0.5, 0.6) is 17.2 Å². The normalized spacial score (nSPS) is 19.6. The molecule has 0 saturated carbocycles. The molecule has 1 fully saturated rings. The predicted molar refractivity (Wildman–Crippen MR) is 74.0 cm³/mol. The van der Waals surface area contributed by atoms with Crippen LogP contribution in [0.15, 0.2) is 12.1 Å². The predicted octanol–water partition coefficient (Wildman–Crippen LogP) is 1.20. The highest BCUT2D eigenvalue weighted by atomic mass is 16.5. The summed E-state index contributed by atoms with van der Waals surface area (Å²) in [6.07, 6.45) is 1.17. The van der Waals surface area contributed by atoms with E-state index in [4.69, 9.17) is 9.47 Å². The molecule has 0 radical (unpaired) electrons. The topological polar surface area (TPSA) is 54.0 Å². The van der Waals surface area contributed by atoms with Crippen molar-refractivity contribution < 1.29 is 14.6 Å². The molecule has 1 aliphatic rings. The summed E-state index contributed by atoms with van der Waals surface area (Å²) in [7, 11) is 5.21. The molecule has 1 atom stereocenters. The second-order valence-corrected chi connectivity index (χ2v) is 4.98. The maximum Gasteiger partial charge on any atom is 0.200 e. The number of likely N-dealkylation sites (N-methyl/N-ethyl adjacent to an activating group) is 1. The Bertz CT molecular complexity index is 412. The first-order valence-electron chi connectivity index (χ1n) is 6.49. The van der Waals surface area contributed by atoms with Gasteiger partial charge in [-0.2, -0.15) is 0 Å². The number of phenols is 1. The van der Waals surface area contributed by atoms with Gasteiger partial charge in [-0.15, -0.1) is 0 Å². The third-order valence-electron chi connectivity index (χ3n) is 3.53. The Hall–Kier alpha value is -1.46. The molecule has 106 valence electrons. The minimum atomic E-state index is 0.0503. The van der Waals surface area contributed by atoms with Crippen molar-refractivity contribution in [2.75, 3.05) is 34.4 Å². The molecule has 1 saturated heterocycles. The van der Waals surface area contributed by atoms with Crippen molar-refractivity contribution in [2.45, 2.75) is 19.0 Å². The molecule has 2 rings (SSSR count). The van der Waals surface area contributed by atoms with Crippen molar-refractivity contribution in [3.05, 3.63) is 17.7 Å². The molecule has 2 N–H and O–H groups in total. The quantitative estimate of drug-likeness (QED) is 0.839. The van der Waals surface area contributed by atoms with Crippen LogP contribution >= 0.6 is 0 Å². The minimum absolute atomic E-state index is 0.0503. The molecule has 0 spiro atoms. The van der Waals surface area contributed by atoms with Crippen LogP contribution in [0.3, 0.4) is 0 Å². The van der Waals surface area contributed by atoms with Crippen LogP contribution in [0.25, 0.3) is 0 Å². The highest BCUT2D eigenvalue weighted by Crippen LogP contribution is 2.37. The average Bonchev–Trinajstić information content (AvgIpc) is 2.83. The summed E-state index contributed by atoms with van der Waals surface area (Å²) in [5.41, 5.74) is 1.04. The second kappa shape index (κ2) is 6.12. The monoisotopic (exact) mass is 266 g/mol. The zero-order valence-corrected chi connectivity index (χ0v) is 11.8.